The summed E-state index contributed by atoms with van der Waals surface area (Å²) in [6, 6.07) is 55.3. The average molecular weight is 627 g/mol. The lowest BCUT2D eigenvalue weighted by molar-refractivity contribution is 0.613. The van der Waals surface area contributed by atoms with Gasteiger partial charge in [-0.05, 0) is 68.6 Å². The molecule has 0 aliphatic carbocycles. The monoisotopic (exact) mass is 626 g/mol. The zero-order chi connectivity index (χ0) is 32.1. The van der Waals surface area contributed by atoms with Crippen molar-refractivity contribution in [1.82, 2.24) is 0 Å². The normalized spacial score (nSPS) is 12.1. The van der Waals surface area contributed by atoms with Crippen LogP contribution in [0.3, 0.4) is 0 Å². The highest BCUT2D eigenvalue weighted by Crippen LogP contribution is 2.51. The number of hydrogen-bond donors (Lipinski definition) is 0. The molecule has 0 amide bonds. The molecule has 11 aromatic rings. The van der Waals surface area contributed by atoms with E-state index in [1.54, 1.807) is 0 Å². The number of furan rings is 3. The van der Waals surface area contributed by atoms with Crippen LogP contribution in [-0.4, -0.2) is 0 Å². The molecule has 0 fully saturated rings. The molecule has 0 unspecified atom stereocenters. The van der Waals surface area contributed by atoms with Gasteiger partial charge in [-0.2, -0.15) is 0 Å². The maximum absolute atomic E-state index is 7.15. The summed E-state index contributed by atoms with van der Waals surface area (Å²) in [5.74, 6) is 0.833. The zero-order valence-electron chi connectivity index (χ0n) is 26.2. The van der Waals surface area contributed by atoms with E-state index in [-0.39, 0.29) is 0 Å². The smallest absolute Gasteiger partial charge is 0.178 e. The van der Waals surface area contributed by atoms with E-state index in [9.17, 15) is 0 Å². The maximum atomic E-state index is 7.15. The summed E-state index contributed by atoms with van der Waals surface area (Å²) < 4.78 is 20.0. The molecule has 3 nitrogen and oxygen atoms in total. The third-order valence-corrected chi connectivity index (χ3v) is 10.1. The van der Waals surface area contributed by atoms with Crippen molar-refractivity contribution in [1.29, 1.82) is 0 Å². The first-order valence-corrected chi connectivity index (χ1v) is 16.6. The van der Waals surface area contributed by atoms with Gasteiger partial charge in [0.2, 0.25) is 0 Å². The van der Waals surface area contributed by atoms with Gasteiger partial charge in [0.15, 0.2) is 11.2 Å². The Morgan fingerprint density at radius 3 is 1.53 bits per heavy atom. The van der Waals surface area contributed by atoms with Gasteiger partial charge in [-0.1, -0.05) is 127 Å². The van der Waals surface area contributed by atoms with Crippen LogP contribution in [0.25, 0.3) is 110 Å². The van der Waals surface area contributed by atoms with Crippen molar-refractivity contribution in [3.8, 4) is 33.6 Å². The molecule has 228 valence electrons. The lowest BCUT2D eigenvalue weighted by Crippen LogP contribution is -1.91. The summed E-state index contributed by atoms with van der Waals surface area (Å²) in [7, 11) is 0. The summed E-state index contributed by atoms with van der Waals surface area (Å²) in [4.78, 5) is 0. The highest BCUT2D eigenvalue weighted by atomic mass is 16.4. The van der Waals surface area contributed by atoms with E-state index in [1.165, 1.54) is 5.56 Å². The SMILES string of the molecule is c1ccc(-c2c(-c3c4ccccc4c(-c4cccc5oc6ccccc6c45)c4ccccc34)oc3c2ccc2c4ccccc4oc23)cc1. The minimum atomic E-state index is 0.759. The molecule has 0 bridgehead atoms. The fourth-order valence-electron chi connectivity index (χ4n) is 8.05. The van der Waals surface area contributed by atoms with Crippen molar-refractivity contribution >= 4 is 76.4 Å². The average Bonchev–Trinajstić information content (AvgIpc) is 3.85. The van der Waals surface area contributed by atoms with E-state index in [0.717, 1.165) is 104 Å². The molecule has 0 aliphatic rings. The number of benzene rings is 8. The van der Waals surface area contributed by atoms with E-state index in [1.807, 2.05) is 24.3 Å². The largest absolute Gasteiger partial charge is 0.456 e. The van der Waals surface area contributed by atoms with E-state index in [0.29, 0.717) is 0 Å². The van der Waals surface area contributed by atoms with Gasteiger partial charge in [-0.3, -0.25) is 0 Å². The first-order valence-electron chi connectivity index (χ1n) is 16.6. The van der Waals surface area contributed by atoms with Crippen molar-refractivity contribution in [3.63, 3.8) is 0 Å². The number of hydrogen-bond acceptors (Lipinski definition) is 3. The Kier molecular flexibility index (Phi) is 5.38. The van der Waals surface area contributed by atoms with Crippen LogP contribution in [0.4, 0.5) is 0 Å². The summed E-state index contributed by atoms with van der Waals surface area (Å²) in [5.41, 5.74) is 9.71. The summed E-state index contributed by atoms with van der Waals surface area (Å²) >= 11 is 0. The fraction of sp³-hybridized carbons (Fsp3) is 0. The Hall–Kier alpha value is -6.58. The predicted octanol–water partition coefficient (Wildman–Crippen LogP) is 13.5. The minimum absolute atomic E-state index is 0.759. The molecule has 3 aromatic heterocycles. The second kappa shape index (κ2) is 9.96. The first-order chi connectivity index (χ1) is 24.3. The van der Waals surface area contributed by atoms with Crippen LogP contribution in [0.5, 0.6) is 0 Å². The van der Waals surface area contributed by atoms with Gasteiger partial charge < -0.3 is 13.3 Å². The summed E-state index contributed by atoms with van der Waals surface area (Å²) in [6.07, 6.45) is 0. The van der Waals surface area contributed by atoms with Gasteiger partial charge in [0.05, 0.1) is 0 Å². The van der Waals surface area contributed by atoms with Gasteiger partial charge in [0.25, 0.3) is 0 Å². The molecular weight excluding hydrogens is 601 g/mol. The molecule has 8 aromatic carbocycles. The summed E-state index contributed by atoms with van der Waals surface area (Å²) in [6.45, 7) is 0. The lowest BCUT2D eigenvalue weighted by atomic mass is 9.85. The minimum Gasteiger partial charge on any atom is -0.456 e. The van der Waals surface area contributed by atoms with Crippen LogP contribution in [0.15, 0.2) is 171 Å². The van der Waals surface area contributed by atoms with Crippen LogP contribution in [0.1, 0.15) is 0 Å². The van der Waals surface area contributed by atoms with E-state index >= 15 is 0 Å². The quantitative estimate of drug-likeness (QED) is 0.183. The fourth-order valence-corrected chi connectivity index (χ4v) is 8.05. The van der Waals surface area contributed by atoms with Gasteiger partial charge in [0.1, 0.15) is 22.5 Å². The Morgan fingerprint density at radius 1 is 0.286 bits per heavy atom. The zero-order valence-corrected chi connectivity index (χ0v) is 26.2. The van der Waals surface area contributed by atoms with Crippen molar-refractivity contribution in [3.05, 3.63) is 158 Å². The van der Waals surface area contributed by atoms with Crippen molar-refractivity contribution in [2.45, 2.75) is 0 Å². The molecule has 0 aliphatic heterocycles. The molecular formula is C46H26O3. The Morgan fingerprint density at radius 2 is 0.816 bits per heavy atom. The maximum Gasteiger partial charge on any atom is 0.178 e. The number of para-hydroxylation sites is 2. The third kappa shape index (κ3) is 3.67. The topological polar surface area (TPSA) is 39.4 Å². The predicted molar refractivity (Wildman–Crippen MR) is 202 cm³/mol. The molecule has 3 heteroatoms. The second-order valence-corrected chi connectivity index (χ2v) is 12.7. The Labute approximate surface area is 280 Å². The van der Waals surface area contributed by atoms with Crippen molar-refractivity contribution in [2.75, 3.05) is 0 Å². The Balaban J connectivity index is 1.31. The molecule has 0 saturated heterocycles. The van der Waals surface area contributed by atoms with Crippen LogP contribution >= 0.6 is 0 Å². The van der Waals surface area contributed by atoms with Crippen LogP contribution in [0.2, 0.25) is 0 Å². The third-order valence-electron chi connectivity index (χ3n) is 10.1. The van der Waals surface area contributed by atoms with Gasteiger partial charge in [-0.25, -0.2) is 0 Å². The van der Waals surface area contributed by atoms with Gasteiger partial charge in [0, 0.05) is 38.1 Å². The number of fused-ring (bicyclic) bond motifs is 10. The van der Waals surface area contributed by atoms with E-state index in [2.05, 4.69) is 133 Å². The molecule has 49 heavy (non-hydrogen) atoms. The highest BCUT2D eigenvalue weighted by molar-refractivity contribution is 6.27. The molecule has 11 rings (SSSR count). The molecule has 0 radical (unpaired) electrons. The van der Waals surface area contributed by atoms with Crippen molar-refractivity contribution in [2.24, 2.45) is 0 Å². The lowest BCUT2D eigenvalue weighted by Gasteiger charge is -2.18. The van der Waals surface area contributed by atoms with E-state index in [4.69, 9.17) is 13.3 Å². The van der Waals surface area contributed by atoms with Crippen LogP contribution < -0.4 is 0 Å². The Bertz CT molecular complexity index is 3040. The van der Waals surface area contributed by atoms with Gasteiger partial charge in [-0.15, -0.1) is 0 Å². The molecule has 0 atom stereocenters. The van der Waals surface area contributed by atoms with E-state index < -0.39 is 0 Å². The molecule has 0 N–H and O–H groups in total. The molecule has 3 heterocycles. The van der Waals surface area contributed by atoms with Crippen LogP contribution in [0, 0.1) is 0 Å². The molecule has 0 spiro atoms. The summed E-state index contributed by atoms with van der Waals surface area (Å²) in [5, 5.41) is 9.96. The first kappa shape index (κ1) is 26.5. The highest BCUT2D eigenvalue weighted by Gasteiger charge is 2.26. The van der Waals surface area contributed by atoms with Crippen LogP contribution in [-0.2, 0) is 0 Å². The number of rotatable bonds is 3. The second-order valence-electron chi connectivity index (χ2n) is 12.7. The van der Waals surface area contributed by atoms with Gasteiger partial charge >= 0.3 is 0 Å². The molecule has 0 saturated carbocycles. The standard InChI is InChI=1S/C46H26O3/c1-2-13-27(14-3-1)40-36-26-25-33-28-15-8-10-22-37(28)48-44(33)45(36)49-46(40)43-31-18-6-4-16-29(31)41(30-17-5-7-19-32(30)43)35-21-12-24-39-42(35)34-20-9-11-23-38(34)47-39/h1-26H. The van der Waals surface area contributed by atoms with Crippen molar-refractivity contribution < 1.29 is 13.3 Å².